The number of rotatable bonds is 9. The minimum Gasteiger partial charge on any atom is -0.497 e. The van der Waals surface area contributed by atoms with Gasteiger partial charge < -0.3 is 23.4 Å². The number of methoxy groups -OCH3 is 4. The lowest BCUT2D eigenvalue weighted by atomic mass is 10.2. The van der Waals surface area contributed by atoms with E-state index in [1.807, 2.05) is 0 Å². The van der Waals surface area contributed by atoms with E-state index in [-0.39, 0.29) is 23.3 Å². The van der Waals surface area contributed by atoms with Gasteiger partial charge in [0.05, 0.1) is 33.3 Å². The molecule has 1 atom stereocenters. The first-order valence-electron chi connectivity index (χ1n) is 10.9. The highest BCUT2D eigenvalue weighted by Gasteiger charge is 2.40. The molecule has 4 rings (SSSR count). The molecule has 1 saturated heterocycles. The highest BCUT2D eigenvalue weighted by atomic mass is 32.2. The summed E-state index contributed by atoms with van der Waals surface area (Å²) in [5.41, 5.74) is 0.474. The molecule has 1 aromatic heterocycles. The summed E-state index contributed by atoms with van der Waals surface area (Å²) in [5.74, 6) is 1.24. The maximum atomic E-state index is 13.2. The molecule has 0 saturated carbocycles. The molecule has 192 valence electrons. The second-order valence-corrected chi connectivity index (χ2v) is 9.66. The van der Waals surface area contributed by atoms with Crippen LogP contribution in [0, 0.1) is 0 Å². The quantitative estimate of drug-likeness (QED) is 0.449. The molecule has 13 heteroatoms. The van der Waals surface area contributed by atoms with Crippen molar-refractivity contribution in [2.45, 2.75) is 23.8 Å². The van der Waals surface area contributed by atoms with Crippen molar-refractivity contribution in [1.29, 1.82) is 0 Å². The fourth-order valence-electron chi connectivity index (χ4n) is 3.96. The van der Waals surface area contributed by atoms with Crippen LogP contribution in [-0.4, -0.2) is 69.9 Å². The number of amides is 1. The van der Waals surface area contributed by atoms with Crippen molar-refractivity contribution in [3.05, 3.63) is 36.4 Å². The Hall–Kier alpha value is -3.84. The Bertz CT molecular complexity index is 1320. The summed E-state index contributed by atoms with van der Waals surface area (Å²) in [4.78, 5) is 13.1. The smallest absolute Gasteiger partial charge is 0.322 e. The molecule has 0 radical (unpaired) electrons. The first-order valence-corrected chi connectivity index (χ1v) is 12.4. The molecule has 36 heavy (non-hydrogen) atoms. The van der Waals surface area contributed by atoms with E-state index in [0.717, 1.165) is 0 Å². The maximum absolute atomic E-state index is 13.2. The highest BCUT2D eigenvalue weighted by molar-refractivity contribution is 7.89. The van der Waals surface area contributed by atoms with Crippen LogP contribution in [0.2, 0.25) is 0 Å². The van der Waals surface area contributed by atoms with Crippen LogP contribution in [0.25, 0.3) is 11.5 Å². The van der Waals surface area contributed by atoms with Gasteiger partial charge in [0.15, 0.2) is 11.5 Å². The van der Waals surface area contributed by atoms with Gasteiger partial charge in [-0.25, -0.2) is 8.42 Å². The fraction of sp³-hybridized carbons (Fsp3) is 0.348. The Kier molecular flexibility index (Phi) is 7.31. The molecule has 0 bridgehead atoms. The molecule has 3 aromatic rings. The minimum absolute atomic E-state index is 0.0745. The van der Waals surface area contributed by atoms with Crippen LogP contribution < -0.4 is 24.3 Å². The number of carbonyl (C=O) groups is 1. The zero-order valence-corrected chi connectivity index (χ0v) is 21.0. The van der Waals surface area contributed by atoms with Crippen LogP contribution in [0.15, 0.2) is 45.7 Å². The zero-order chi connectivity index (χ0) is 25.9. The third-order valence-corrected chi connectivity index (χ3v) is 7.66. The molecule has 1 aliphatic rings. The van der Waals surface area contributed by atoms with E-state index in [4.69, 9.17) is 23.4 Å². The van der Waals surface area contributed by atoms with E-state index >= 15 is 0 Å². The largest absolute Gasteiger partial charge is 0.497 e. The first-order chi connectivity index (χ1) is 17.3. The van der Waals surface area contributed by atoms with Gasteiger partial charge in [0, 0.05) is 12.1 Å². The Morgan fingerprint density at radius 3 is 2.25 bits per heavy atom. The lowest BCUT2D eigenvalue weighted by Gasteiger charge is -2.22. The number of ether oxygens (including phenoxy) is 4. The number of carbonyl (C=O) groups excluding carboxylic acids is 1. The number of hydrogen-bond acceptors (Lipinski definition) is 10. The third-order valence-electron chi connectivity index (χ3n) is 5.74. The molecular formula is C23H26N4O8S. The van der Waals surface area contributed by atoms with Crippen LogP contribution >= 0.6 is 0 Å². The number of aromatic nitrogens is 2. The third kappa shape index (κ3) is 4.79. The van der Waals surface area contributed by atoms with Gasteiger partial charge in [-0.15, -0.1) is 5.10 Å². The summed E-state index contributed by atoms with van der Waals surface area (Å²) in [6, 6.07) is 8.17. The van der Waals surface area contributed by atoms with Gasteiger partial charge in [0.1, 0.15) is 11.8 Å². The highest BCUT2D eigenvalue weighted by Crippen LogP contribution is 2.41. The van der Waals surface area contributed by atoms with Gasteiger partial charge in [-0.3, -0.25) is 10.1 Å². The van der Waals surface area contributed by atoms with Crippen molar-refractivity contribution in [2.24, 2.45) is 0 Å². The average Bonchev–Trinajstić information content (AvgIpc) is 3.58. The molecule has 1 amide bonds. The van der Waals surface area contributed by atoms with Crippen molar-refractivity contribution < 1.29 is 36.6 Å². The summed E-state index contributed by atoms with van der Waals surface area (Å²) in [7, 11) is 2.04. The van der Waals surface area contributed by atoms with Crippen molar-refractivity contribution >= 4 is 21.9 Å². The Labute approximate surface area is 208 Å². The lowest BCUT2D eigenvalue weighted by Crippen LogP contribution is -2.43. The topological polar surface area (TPSA) is 142 Å². The van der Waals surface area contributed by atoms with E-state index in [0.29, 0.717) is 41.4 Å². The number of benzene rings is 2. The van der Waals surface area contributed by atoms with Gasteiger partial charge in [0.2, 0.25) is 27.6 Å². The number of hydrogen-bond donors (Lipinski definition) is 1. The molecule has 2 aromatic carbocycles. The molecule has 1 aliphatic heterocycles. The molecule has 1 fully saturated rings. The van der Waals surface area contributed by atoms with Crippen LogP contribution in [-0.2, 0) is 14.8 Å². The second kappa shape index (κ2) is 10.4. The van der Waals surface area contributed by atoms with Crippen LogP contribution in [0.5, 0.6) is 23.0 Å². The van der Waals surface area contributed by atoms with Crippen molar-refractivity contribution in [3.8, 4) is 34.5 Å². The van der Waals surface area contributed by atoms with Gasteiger partial charge in [-0.05, 0) is 49.2 Å². The molecule has 12 nitrogen and oxygen atoms in total. The zero-order valence-electron chi connectivity index (χ0n) is 20.2. The Morgan fingerprint density at radius 2 is 1.67 bits per heavy atom. The molecular weight excluding hydrogens is 492 g/mol. The van der Waals surface area contributed by atoms with Crippen molar-refractivity contribution in [3.63, 3.8) is 0 Å². The fourth-order valence-corrected chi connectivity index (χ4v) is 5.61. The average molecular weight is 519 g/mol. The van der Waals surface area contributed by atoms with Gasteiger partial charge >= 0.3 is 6.01 Å². The van der Waals surface area contributed by atoms with Crippen molar-refractivity contribution in [1.82, 2.24) is 14.5 Å². The molecule has 2 heterocycles. The summed E-state index contributed by atoms with van der Waals surface area (Å²) >= 11 is 0. The monoisotopic (exact) mass is 518 g/mol. The van der Waals surface area contributed by atoms with Gasteiger partial charge in [-0.1, -0.05) is 5.10 Å². The number of sulfonamides is 1. The normalized spacial score (nSPS) is 15.9. The number of anilines is 1. The van der Waals surface area contributed by atoms with E-state index in [1.165, 1.54) is 44.9 Å². The van der Waals surface area contributed by atoms with Crippen LogP contribution in [0.1, 0.15) is 12.8 Å². The van der Waals surface area contributed by atoms with Crippen LogP contribution in [0.4, 0.5) is 6.01 Å². The molecule has 1 unspecified atom stereocenters. The summed E-state index contributed by atoms with van der Waals surface area (Å²) in [6.07, 6.45) is 0.892. The van der Waals surface area contributed by atoms with Crippen molar-refractivity contribution in [2.75, 3.05) is 40.3 Å². The van der Waals surface area contributed by atoms with E-state index in [1.54, 1.807) is 24.3 Å². The standard InChI is InChI=1S/C23H26N4O8S/c1-31-15-7-9-16(10-8-15)36(29,30)27-11-5-6-17(27)21(28)24-23-26-25-22(35-23)14-12-18(32-2)20(34-4)19(13-14)33-3/h7-10,12-13,17H,5-6,11H2,1-4H3,(H,24,26,28). The first kappa shape index (κ1) is 25.3. The molecule has 0 aliphatic carbocycles. The second-order valence-electron chi connectivity index (χ2n) is 7.76. The van der Waals surface area contributed by atoms with E-state index in [9.17, 15) is 13.2 Å². The minimum atomic E-state index is -3.90. The molecule has 0 spiro atoms. The Morgan fingerprint density at radius 1 is 1.00 bits per heavy atom. The van der Waals surface area contributed by atoms with Gasteiger partial charge in [0.25, 0.3) is 0 Å². The lowest BCUT2D eigenvalue weighted by molar-refractivity contribution is -0.119. The van der Waals surface area contributed by atoms with E-state index in [2.05, 4.69) is 15.5 Å². The van der Waals surface area contributed by atoms with E-state index < -0.39 is 22.0 Å². The van der Waals surface area contributed by atoms with Gasteiger partial charge in [-0.2, -0.15) is 4.31 Å². The molecule has 1 N–H and O–H groups in total. The predicted octanol–water partition coefficient (Wildman–Crippen LogP) is 2.56. The maximum Gasteiger partial charge on any atom is 0.322 e. The Balaban J connectivity index is 1.53. The summed E-state index contributed by atoms with van der Waals surface area (Å²) < 4.78 is 54.2. The van der Waals surface area contributed by atoms with Crippen LogP contribution in [0.3, 0.4) is 0 Å². The predicted molar refractivity (Wildman–Crippen MR) is 128 cm³/mol. The summed E-state index contributed by atoms with van der Waals surface area (Å²) in [5, 5.41) is 10.4. The number of nitrogens with zero attached hydrogens (tertiary/aromatic N) is 3. The SMILES string of the molecule is COc1ccc(S(=O)(=O)N2CCCC2C(=O)Nc2nnc(-c3cc(OC)c(OC)c(OC)c3)o2)cc1. The summed E-state index contributed by atoms with van der Waals surface area (Å²) in [6.45, 7) is 0.215. The number of nitrogens with one attached hydrogen (secondary N) is 1.